The monoisotopic (exact) mass is 1350 g/mol. The van der Waals surface area contributed by atoms with Crippen molar-refractivity contribution in [3.8, 4) is 0 Å². The average Bonchev–Trinajstić information content (AvgIpc) is 3.51. The van der Waals surface area contributed by atoms with Crippen LogP contribution in [0.25, 0.3) is 0 Å². The van der Waals surface area contributed by atoms with E-state index in [9.17, 15) is 19.0 Å². The molecule has 2 unspecified atom stereocenters. The number of ether oxygens (including phenoxy) is 2. The molecule has 2 atom stereocenters. The second-order valence-electron chi connectivity index (χ2n) is 29.4. The van der Waals surface area contributed by atoms with Crippen molar-refractivity contribution >= 4 is 19.8 Å². The number of unbranched alkanes of at least 4 members (excludes halogenated alkanes) is 68. The van der Waals surface area contributed by atoms with Crippen LogP contribution in [0.1, 0.15) is 483 Å². The Morgan fingerprint density at radius 2 is 0.521 bits per heavy atom. The van der Waals surface area contributed by atoms with Gasteiger partial charge in [-0.3, -0.25) is 18.6 Å². The van der Waals surface area contributed by atoms with Gasteiger partial charge in [0, 0.05) is 19.4 Å². The summed E-state index contributed by atoms with van der Waals surface area (Å²) in [6.45, 7) is 3.85. The number of allylic oxidation sites excluding steroid dienone is 2. The lowest BCUT2D eigenvalue weighted by molar-refractivity contribution is -0.161. The van der Waals surface area contributed by atoms with E-state index < -0.39 is 26.5 Å². The third-order valence-electron chi connectivity index (χ3n) is 19.9. The fraction of sp³-hybridized carbons (Fsp3) is 0.952. The standard InChI is InChI=1S/C84H166NO8P/c1-3-5-7-9-11-13-15-17-19-21-23-25-27-29-31-33-35-37-38-39-40-41-42-43-45-46-48-50-52-54-56-58-60-62-64-66-68-70-72-74-76-83(86)90-80-82(81-92-94(88,89)91-79-78-85)93-84(87)77-75-73-71-69-67-65-63-61-59-57-55-53-51-49-47-44-36-34-32-30-28-26-24-22-20-18-16-14-12-10-8-6-4-2/h22,24,82H,3-21,23,25-81,85H2,1-2H3,(H,88,89)/b24-22-. The number of phosphoric ester groups is 1. The molecule has 0 fully saturated rings. The lowest BCUT2D eigenvalue weighted by atomic mass is 10.0. The first-order valence-corrected chi connectivity index (χ1v) is 44.2. The lowest BCUT2D eigenvalue weighted by Crippen LogP contribution is -2.29. The van der Waals surface area contributed by atoms with E-state index in [-0.39, 0.29) is 38.6 Å². The van der Waals surface area contributed by atoms with Crippen molar-refractivity contribution in [3.63, 3.8) is 0 Å². The van der Waals surface area contributed by atoms with Gasteiger partial charge in [-0.05, 0) is 38.5 Å². The topological polar surface area (TPSA) is 134 Å². The minimum atomic E-state index is -4.39. The number of esters is 2. The summed E-state index contributed by atoms with van der Waals surface area (Å²) in [5.41, 5.74) is 5.42. The van der Waals surface area contributed by atoms with Crippen molar-refractivity contribution in [1.82, 2.24) is 0 Å². The van der Waals surface area contributed by atoms with Gasteiger partial charge in [-0.2, -0.15) is 0 Å². The molecule has 3 N–H and O–H groups in total. The molecule has 94 heavy (non-hydrogen) atoms. The Balaban J connectivity index is 3.69. The van der Waals surface area contributed by atoms with Crippen molar-refractivity contribution < 1.29 is 37.6 Å². The maximum atomic E-state index is 12.8. The van der Waals surface area contributed by atoms with Crippen LogP contribution in [0, 0.1) is 0 Å². The molecule has 0 bridgehead atoms. The van der Waals surface area contributed by atoms with Crippen molar-refractivity contribution in [1.29, 1.82) is 0 Å². The zero-order valence-corrected chi connectivity index (χ0v) is 64.4. The second-order valence-corrected chi connectivity index (χ2v) is 30.9. The highest BCUT2D eigenvalue weighted by atomic mass is 31.2. The number of carbonyl (C=O) groups is 2. The second kappa shape index (κ2) is 80.7. The highest BCUT2D eigenvalue weighted by Crippen LogP contribution is 2.43. The van der Waals surface area contributed by atoms with Gasteiger partial charge in [0.25, 0.3) is 0 Å². The normalized spacial score (nSPS) is 12.8. The molecule has 0 radical (unpaired) electrons. The Labute approximate surface area is 587 Å². The summed E-state index contributed by atoms with van der Waals surface area (Å²) in [6, 6.07) is 0. The SMILES string of the molecule is CCCCCCCCCC/C=C\CCCCCCCCCCCCCCCCCCCCCCCC(=O)OC(COC(=O)CCCCCCCCCCCCCCCCCCCCCCCCCCCCCCCCCCCCCCCCCC)COP(=O)(O)OCCN. The van der Waals surface area contributed by atoms with Crippen LogP contribution in [0.2, 0.25) is 0 Å². The first-order chi connectivity index (χ1) is 46.3. The molecule has 0 spiro atoms. The zero-order chi connectivity index (χ0) is 67.9. The van der Waals surface area contributed by atoms with E-state index in [0.717, 1.165) is 32.1 Å². The molecule has 0 aromatic carbocycles. The molecule has 0 aliphatic carbocycles. The summed E-state index contributed by atoms with van der Waals surface area (Å²) in [5.74, 6) is -0.795. The Morgan fingerprint density at radius 3 is 0.755 bits per heavy atom. The molecule has 0 aliphatic heterocycles. The highest BCUT2D eigenvalue weighted by Gasteiger charge is 2.26. The van der Waals surface area contributed by atoms with E-state index in [4.69, 9.17) is 24.3 Å². The highest BCUT2D eigenvalue weighted by molar-refractivity contribution is 7.47. The molecular weight excluding hydrogens is 1180 g/mol. The minimum Gasteiger partial charge on any atom is -0.462 e. The van der Waals surface area contributed by atoms with Gasteiger partial charge < -0.3 is 20.1 Å². The molecule has 0 rings (SSSR count). The first-order valence-electron chi connectivity index (χ1n) is 42.7. The van der Waals surface area contributed by atoms with E-state index in [1.165, 1.54) is 417 Å². The van der Waals surface area contributed by atoms with Crippen LogP contribution in [-0.2, 0) is 32.7 Å². The van der Waals surface area contributed by atoms with Gasteiger partial charge in [-0.15, -0.1) is 0 Å². The lowest BCUT2D eigenvalue weighted by Gasteiger charge is -2.19. The van der Waals surface area contributed by atoms with E-state index in [0.29, 0.717) is 6.42 Å². The largest absolute Gasteiger partial charge is 0.472 e. The van der Waals surface area contributed by atoms with Crippen LogP contribution >= 0.6 is 7.82 Å². The molecular formula is C84H166NO8P. The fourth-order valence-corrected chi connectivity index (χ4v) is 14.3. The summed E-state index contributed by atoms with van der Waals surface area (Å²) in [7, 11) is -4.39. The number of hydrogen-bond donors (Lipinski definition) is 2. The average molecular weight is 1350 g/mol. The summed E-state index contributed by atoms with van der Waals surface area (Å²) in [5, 5.41) is 0. The first kappa shape index (κ1) is 92.8. The molecule has 9 nitrogen and oxygen atoms in total. The van der Waals surface area contributed by atoms with Crippen molar-refractivity contribution in [3.05, 3.63) is 12.2 Å². The van der Waals surface area contributed by atoms with Gasteiger partial charge in [0.2, 0.25) is 0 Å². The van der Waals surface area contributed by atoms with Gasteiger partial charge in [0.15, 0.2) is 6.10 Å². The molecule has 0 aromatic heterocycles. The van der Waals surface area contributed by atoms with E-state index in [2.05, 4.69) is 26.0 Å². The Bertz CT molecular complexity index is 1550. The molecule has 0 heterocycles. The smallest absolute Gasteiger partial charge is 0.462 e. The van der Waals surface area contributed by atoms with E-state index in [1.807, 2.05) is 0 Å². The van der Waals surface area contributed by atoms with Gasteiger partial charge in [-0.25, -0.2) is 4.57 Å². The molecule has 0 aromatic rings. The van der Waals surface area contributed by atoms with Gasteiger partial charge in [-0.1, -0.05) is 443 Å². The fourth-order valence-electron chi connectivity index (χ4n) is 13.6. The molecule has 0 saturated heterocycles. The summed E-state index contributed by atoms with van der Waals surface area (Å²) in [6.07, 6.45) is 101. The van der Waals surface area contributed by atoms with Gasteiger partial charge >= 0.3 is 19.8 Å². The number of phosphoric acid groups is 1. The van der Waals surface area contributed by atoms with E-state index in [1.54, 1.807) is 0 Å². The van der Waals surface area contributed by atoms with Crippen molar-refractivity contribution in [2.45, 2.75) is 489 Å². The summed E-state index contributed by atoms with van der Waals surface area (Å²) < 4.78 is 33.3. The molecule has 0 aliphatic rings. The molecule has 10 heteroatoms. The van der Waals surface area contributed by atoms with Crippen molar-refractivity contribution in [2.24, 2.45) is 5.73 Å². The Morgan fingerprint density at radius 1 is 0.309 bits per heavy atom. The number of hydrogen-bond acceptors (Lipinski definition) is 8. The van der Waals surface area contributed by atoms with Crippen molar-refractivity contribution in [2.75, 3.05) is 26.4 Å². The van der Waals surface area contributed by atoms with Crippen LogP contribution < -0.4 is 5.73 Å². The summed E-state index contributed by atoms with van der Waals surface area (Å²) >= 11 is 0. The maximum Gasteiger partial charge on any atom is 0.472 e. The molecule has 560 valence electrons. The Kier molecular flexibility index (Phi) is 79.6. The molecule has 0 saturated carbocycles. The number of nitrogens with two attached hydrogens (primary N) is 1. The summed E-state index contributed by atoms with van der Waals surface area (Å²) in [4.78, 5) is 35.5. The third kappa shape index (κ3) is 79.7. The number of rotatable bonds is 83. The van der Waals surface area contributed by atoms with Gasteiger partial charge in [0.1, 0.15) is 6.61 Å². The Hall–Kier alpha value is -1.25. The van der Waals surface area contributed by atoms with Gasteiger partial charge in [0.05, 0.1) is 13.2 Å². The van der Waals surface area contributed by atoms with Crippen LogP contribution in [0.5, 0.6) is 0 Å². The third-order valence-corrected chi connectivity index (χ3v) is 20.9. The minimum absolute atomic E-state index is 0.0581. The van der Waals surface area contributed by atoms with Crippen LogP contribution in [0.3, 0.4) is 0 Å². The maximum absolute atomic E-state index is 12.8. The van der Waals surface area contributed by atoms with Crippen LogP contribution in [-0.4, -0.2) is 49.3 Å². The number of carbonyl (C=O) groups excluding carboxylic acids is 2. The quantitative estimate of drug-likeness (QED) is 0.0264. The van der Waals surface area contributed by atoms with Crippen LogP contribution in [0.15, 0.2) is 12.2 Å². The van der Waals surface area contributed by atoms with Crippen LogP contribution in [0.4, 0.5) is 0 Å². The predicted molar refractivity (Wildman–Crippen MR) is 409 cm³/mol. The zero-order valence-electron chi connectivity index (χ0n) is 63.5. The molecule has 0 amide bonds. The van der Waals surface area contributed by atoms with E-state index >= 15 is 0 Å². The predicted octanol–water partition coefficient (Wildman–Crippen LogP) is 28.6.